The van der Waals surface area contributed by atoms with Crippen LogP contribution in [0.25, 0.3) is 11.0 Å². The zero-order valence-electron chi connectivity index (χ0n) is 8.99. The van der Waals surface area contributed by atoms with E-state index in [-0.39, 0.29) is 12.3 Å². The summed E-state index contributed by atoms with van der Waals surface area (Å²) in [4.78, 5) is 29.5. The Morgan fingerprint density at radius 1 is 1.53 bits per heavy atom. The van der Waals surface area contributed by atoms with Gasteiger partial charge in [0.15, 0.2) is 0 Å². The number of fused-ring (bicyclic) bond motifs is 1. The predicted molar refractivity (Wildman–Crippen MR) is 63.3 cm³/mol. The van der Waals surface area contributed by atoms with E-state index < -0.39 is 11.5 Å². The van der Waals surface area contributed by atoms with Crippen molar-refractivity contribution in [3.05, 3.63) is 39.3 Å². The summed E-state index contributed by atoms with van der Waals surface area (Å²) in [6.45, 7) is 1.83. The van der Waals surface area contributed by atoms with Gasteiger partial charge in [0, 0.05) is 0 Å². The topological polar surface area (TPSA) is 72.0 Å². The zero-order valence-corrected chi connectivity index (χ0v) is 9.75. The molecule has 2 rings (SSSR count). The predicted octanol–water partition coefficient (Wildman–Crippen LogP) is 1.75. The first kappa shape index (κ1) is 11.6. The Bertz CT molecular complexity index is 636. The number of aromatic nitrogens is 2. The second kappa shape index (κ2) is 4.55. The molecule has 17 heavy (non-hydrogen) atoms. The molecule has 2 aromatic rings. The van der Waals surface area contributed by atoms with Gasteiger partial charge in [0.25, 0.3) is 5.56 Å². The van der Waals surface area contributed by atoms with E-state index in [0.29, 0.717) is 16.1 Å². The van der Waals surface area contributed by atoms with E-state index >= 15 is 0 Å². The van der Waals surface area contributed by atoms with Crippen molar-refractivity contribution in [1.29, 1.82) is 0 Å². The first-order chi connectivity index (χ1) is 8.13. The lowest BCUT2D eigenvalue weighted by Gasteiger charge is -2.03. The third-order valence-corrected chi connectivity index (χ3v) is 2.45. The van der Waals surface area contributed by atoms with E-state index in [9.17, 15) is 9.59 Å². The number of esters is 1. The number of para-hydroxylation sites is 1. The molecule has 88 valence electrons. The van der Waals surface area contributed by atoms with E-state index in [1.807, 2.05) is 0 Å². The standard InChI is InChI=1S/C11H9ClN2O3/c1-2-17-11(16)9-10(15)13-7-5-3-4-6(12)8(7)14-9/h3-5H,2H2,1H3,(H,13,15). The van der Waals surface area contributed by atoms with Crippen molar-refractivity contribution in [2.45, 2.75) is 6.92 Å². The van der Waals surface area contributed by atoms with Gasteiger partial charge in [-0.15, -0.1) is 0 Å². The highest BCUT2D eigenvalue weighted by Crippen LogP contribution is 2.18. The molecule has 1 N–H and O–H groups in total. The summed E-state index contributed by atoms with van der Waals surface area (Å²) in [7, 11) is 0. The monoisotopic (exact) mass is 252 g/mol. The number of benzene rings is 1. The number of nitrogens with zero attached hydrogens (tertiary/aromatic N) is 1. The summed E-state index contributed by atoms with van der Waals surface area (Å²) < 4.78 is 4.73. The van der Waals surface area contributed by atoms with Gasteiger partial charge in [-0.1, -0.05) is 17.7 Å². The minimum Gasteiger partial charge on any atom is -0.461 e. The van der Waals surface area contributed by atoms with Crippen LogP contribution in [0.5, 0.6) is 0 Å². The average Bonchev–Trinajstić information content (AvgIpc) is 2.29. The molecule has 0 spiro atoms. The molecule has 0 saturated carbocycles. The minimum atomic E-state index is -0.754. The van der Waals surface area contributed by atoms with Gasteiger partial charge in [0.05, 0.1) is 17.1 Å². The van der Waals surface area contributed by atoms with Gasteiger partial charge in [0.2, 0.25) is 5.69 Å². The molecule has 1 aromatic carbocycles. The Morgan fingerprint density at radius 3 is 3.00 bits per heavy atom. The van der Waals surface area contributed by atoms with E-state index in [1.165, 1.54) is 0 Å². The van der Waals surface area contributed by atoms with Crippen LogP contribution in [-0.2, 0) is 4.74 Å². The van der Waals surface area contributed by atoms with Crippen molar-refractivity contribution < 1.29 is 9.53 Å². The van der Waals surface area contributed by atoms with E-state index in [1.54, 1.807) is 25.1 Å². The third-order valence-electron chi connectivity index (χ3n) is 2.14. The fourth-order valence-electron chi connectivity index (χ4n) is 1.41. The number of H-pyrrole nitrogens is 1. The maximum absolute atomic E-state index is 11.6. The van der Waals surface area contributed by atoms with Gasteiger partial charge < -0.3 is 9.72 Å². The highest BCUT2D eigenvalue weighted by atomic mass is 35.5. The smallest absolute Gasteiger partial charge is 0.362 e. The van der Waals surface area contributed by atoms with Crippen LogP contribution in [0.15, 0.2) is 23.0 Å². The molecule has 1 heterocycles. The molecule has 0 radical (unpaired) electrons. The van der Waals surface area contributed by atoms with Crippen LogP contribution in [0.1, 0.15) is 17.4 Å². The lowest BCUT2D eigenvalue weighted by atomic mass is 10.3. The molecule has 0 bridgehead atoms. The molecule has 0 aliphatic carbocycles. The van der Waals surface area contributed by atoms with E-state index in [0.717, 1.165) is 0 Å². The van der Waals surface area contributed by atoms with Crippen molar-refractivity contribution in [1.82, 2.24) is 9.97 Å². The van der Waals surface area contributed by atoms with Crippen LogP contribution < -0.4 is 5.56 Å². The third kappa shape index (κ3) is 2.14. The molecule has 0 unspecified atom stereocenters. The molecular weight excluding hydrogens is 244 g/mol. The van der Waals surface area contributed by atoms with Crippen LogP contribution in [0.3, 0.4) is 0 Å². The van der Waals surface area contributed by atoms with Gasteiger partial charge in [-0.3, -0.25) is 4.79 Å². The molecule has 0 atom stereocenters. The number of aromatic amines is 1. The van der Waals surface area contributed by atoms with Crippen molar-refractivity contribution in [2.75, 3.05) is 6.61 Å². The van der Waals surface area contributed by atoms with Crippen LogP contribution in [-0.4, -0.2) is 22.5 Å². The maximum Gasteiger partial charge on any atom is 0.362 e. The zero-order chi connectivity index (χ0) is 12.4. The Kier molecular flexibility index (Phi) is 3.10. The lowest BCUT2D eigenvalue weighted by molar-refractivity contribution is 0.0517. The van der Waals surface area contributed by atoms with E-state index in [2.05, 4.69) is 9.97 Å². The van der Waals surface area contributed by atoms with Gasteiger partial charge in [0.1, 0.15) is 5.52 Å². The van der Waals surface area contributed by atoms with Gasteiger partial charge in [-0.05, 0) is 19.1 Å². The number of nitrogens with one attached hydrogen (secondary N) is 1. The average molecular weight is 253 g/mol. The first-order valence-corrected chi connectivity index (χ1v) is 5.37. The highest BCUT2D eigenvalue weighted by molar-refractivity contribution is 6.34. The number of carbonyl (C=O) groups is 1. The number of rotatable bonds is 2. The minimum absolute atomic E-state index is 0.181. The second-order valence-electron chi connectivity index (χ2n) is 3.27. The van der Waals surface area contributed by atoms with E-state index in [4.69, 9.17) is 16.3 Å². The van der Waals surface area contributed by atoms with Crippen molar-refractivity contribution >= 4 is 28.6 Å². The molecule has 5 nitrogen and oxygen atoms in total. The van der Waals surface area contributed by atoms with Crippen LogP contribution in [0.4, 0.5) is 0 Å². The number of carbonyl (C=O) groups excluding carboxylic acids is 1. The SMILES string of the molecule is CCOC(=O)c1nc2c(Cl)cccc2[nH]c1=O. The van der Waals surface area contributed by atoms with Crippen molar-refractivity contribution in [2.24, 2.45) is 0 Å². The summed E-state index contributed by atoms with van der Waals surface area (Å²) in [5.41, 5.74) is -0.0157. The van der Waals surface area contributed by atoms with Crippen LogP contribution in [0, 0.1) is 0 Å². The maximum atomic E-state index is 11.6. The fourth-order valence-corrected chi connectivity index (χ4v) is 1.63. The lowest BCUT2D eigenvalue weighted by Crippen LogP contribution is -2.22. The summed E-state index contributed by atoms with van der Waals surface area (Å²) >= 11 is 5.93. The summed E-state index contributed by atoms with van der Waals surface area (Å²) in [6.07, 6.45) is 0. The van der Waals surface area contributed by atoms with Crippen LogP contribution in [0.2, 0.25) is 5.02 Å². The number of hydrogen-bond acceptors (Lipinski definition) is 4. The second-order valence-corrected chi connectivity index (χ2v) is 3.68. The van der Waals surface area contributed by atoms with Crippen molar-refractivity contribution in [3.8, 4) is 0 Å². The molecule has 0 amide bonds. The Balaban J connectivity index is 2.66. The molecule has 1 aromatic heterocycles. The molecule has 0 saturated heterocycles. The summed E-state index contributed by atoms with van der Waals surface area (Å²) in [5, 5.41) is 0.365. The number of ether oxygens (including phenoxy) is 1. The Morgan fingerprint density at radius 2 is 2.29 bits per heavy atom. The largest absolute Gasteiger partial charge is 0.461 e. The van der Waals surface area contributed by atoms with Crippen LogP contribution >= 0.6 is 11.6 Å². The number of hydrogen-bond donors (Lipinski definition) is 1. The Hall–Kier alpha value is -1.88. The first-order valence-electron chi connectivity index (χ1n) is 4.99. The summed E-state index contributed by atoms with van der Waals surface area (Å²) in [6, 6.07) is 4.97. The van der Waals surface area contributed by atoms with Gasteiger partial charge >= 0.3 is 5.97 Å². The summed E-state index contributed by atoms with van der Waals surface area (Å²) in [5.74, 6) is -0.754. The molecule has 0 aliphatic rings. The number of halogens is 1. The Labute approximate surface area is 101 Å². The molecule has 0 aliphatic heterocycles. The quantitative estimate of drug-likeness (QED) is 0.827. The molecular formula is C11H9ClN2O3. The molecule has 0 fully saturated rings. The van der Waals surface area contributed by atoms with Gasteiger partial charge in [-0.2, -0.15) is 0 Å². The van der Waals surface area contributed by atoms with Crippen molar-refractivity contribution in [3.63, 3.8) is 0 Å². The fraction of sp³-hybridized carbons (Fsp3) is 0.182. The van der Waals surface area contributed by atoms with Gasteiger partial charge in [-0.25, -0.2) is 9.78 Å². The molecule has 6 heteroatoms. The highest BCUT2D eigenvalue weighted by Gasteiger charge is 2.15. The normalized spacial score (nSPS) is 10.5.